The van der Waals surface area contributed by atoms with Gasteiger partial charge in [-0.15, -0.1) is 0 Å². The van der Waals surface area contributed by atoms with Gasteiger partial charge in [0, 0.05) is 5.92 Å². The number of hydrogen-bond acceptors (Lipinski definition) is 1. The van der Waals surface area contributed by atoms with Crippen molar-refractivity contribution in [1.82, 2.24) is 0 Å². The Morgan fingerprint density at radius 3 is 2.40 bits per heavy atom. The number of aliphatic carboxylic acids is 1. The van der Waals surface area contributed by atoms with Crippen molar-refractivity contribution in [2.24, 2.45) is 17.3 Å². The SMILES string of the molecule is CCC1(C(=O)O)C(c2ccccc2)C1C1CCCCC1. The van der Waals surface area contributed by atoms with Crippen molar-refractivity contribution in [3.05, 3.63) is 35.9 Å². The third-order valence-corrected chi connectivity index (χ3v) is 5.70. The summed E-state index contributed by atoms with van der Waals surface area (Å²) >= 11 is 0. The average molecular weight is 272 g/mol. The smallest absolute Gasteiger partial charge is 0.310 e. The van der Waals surface area contributed by atoms with E-state index in [2.05, 4.69) is 12.1 Å². The lowest BCUT2D eigenvalue weighted by Crippen LogP contribution is -2.21. The van der Waals surface area contributed by atoms with E-state index in [9.17, 15) is 9.90 Å². The van der Waals surface area contributed by atoms with Gasteiger partial charge in [-0.05, 0) is 23.8 Å². The highest BCUT2D eigenvalue weighted by molar-refractivity contribution is 5.81. The predicted molar refractivity (Wildman–Crippen MR) is 79.6 cm³/mol. The summed E-state index contributed by atoms with van der Waals surface area (Å²) in [6.45, 7) is 2.05. The first kappa shape index (κ1) is 13.7. The van der Waals surface area contributed by atoms with Gasteiger partial charge in [0.25, 0.3) is 0 Å². The van der Waals surface area contributed by atoms with Gasteiger partial charge in [0.2, 0.25) is 0 Å². The Bertz CT molecular complexity index is 475. The van der Waals surface area contributed by atoms with Gasteiger partial charge in [-0.2, -0.15) is 0 Å². The second-order valence-electron chi connectivity index (χ2n) is 6.51. The van der Waals surface area contributed by atoms with Crippen LogP contribution < -0.4 is 0 Å². The largest absolute Gasteiger partial charge is 0.481 e. The molecule has 20 heavy (non-hydrogen) atoms. The Morgan fingerprint density at radius 1 is 1.20 bits per heavy atom. The number of benzene rings is 1. The second-order valence-corrected chi connectivity index (χ2v) is 6.51. The fourth-order valence-electron chi connectivity index (χ4n) is 4.70. The lowest BCUT2D eigenvalue weighted by molar-refractivity contribution is -0.144. The van der Waals surface area contributed by atoms with E-state index in [0.717, 1.165) is 6.42 Å². The Labute approximate surface area is 121 Å². The first-order chi connectivity index (χ1) is 9.71. The minimum absolute atomic E-state index is 0.231. The zero-order valence-corrected chi connectivity index (χ0v) is 12.2. The lowest BCUT2D eigenvalue weighted by atomic mass is 9.82. The summed E-state index contributed by atoms with van der Waals surface area (Å²) in [4.78, 5) is 12.0. The monoisotopic (exact) mass is 272 g/mol. The minimum atomic E-state index is -0.579. The molecule has 1 N–H and O–H groups in total. The van der Waals surface area contributed by atoms with Crippen LogP contribution in [-0.2, 0) is 4.79 Å². The minimum Gasteiger partial charge on any atom is -0.481 e. The third kappa shape index (κ3) is 1.97. The molecular weight excluding hydrogens is 248 g/mol. The first-order valence-electron chi connectivity index (χ1n) is 8.00. The summed E-state index contributed by atoms with van der Waals surface area (Å²) in [7, 11) is 0. The molecule has 2 nitrogen and oxygen atoms in total. The average Bonchev–Trinajstić information content (AvgIpc) is 3.19. The summed E-state index contributed by atoms with van der Waals surface area (Å²) < 4.78 is 0. The molecule has 2 saturated carbocycles. The van der Waals surface area contributed by atoms with E-state index in [0.29, 0.717) is 11.8 Å². The Kier molecular flexibility index (Phi) is 3.57. The van der Waals surface area contributed by atoms with Gasteiger partial charge in [0.15, 0.2) is 0 Å². The van der Waals surface area contributed by atoms with E-state index >= 15 is 0 Å². The summed E-state index contributed by atoms with van der Waals surface area (Å²) in [5, 5.41) is 9.84. The Balaban J connectivity index is 1.92. The van der Waals surface area contributed by atoms with Crippen LogP contribution >= 0.6 is 0 Å². The highest BCUT2D eigenvalue weighted by Crippen LogP contribution is 2.71. The molecule has 108 valence electrons. The fourth-order valence-corrected chi connectivity index (χ4v) is 4.70. The van der Waals surface area contributed by atoms with E-state index in [1.165, 1.54) is 37.7 Å². The van der Waals surface area contributed by atoms with E-state index in [4.69, 9.17) is 0 Å². The molecule has 0 heterocycles. The standard InChI is InChI=1S/C18H24O2/c1-2-18(17(19)20)15(13-9-5-3-6-10-13)16(18)14-11-7-4-8-12-14/h3,5-6,9-10,14-16H,2,4,7-8,11-12H2,1H3,(H,19,20). The summed E-state index contributed by atoms with van der Waals surface area (Å²) in [6, 6.07) is 10.3. The Morgan fingerprint density at radius 2 is 1.85 bits per heavy atom. The van der Waals surface area contributed by atoms with Crippen molar-refractivity contribution in [2.75, 3.05) is 0 Å². The molecule has 3 rings (SSSR count). The molecule has 0 aromatic heterocycles. The normalized spacial score (nSPS) is 33.9. The first-order valence-corrected chi connectivity index (χ1v) is 8.00. The molecule has 3 atom stereocenters. The van der Waals surface area contributed by atoms with Crippen LogP contribution in [0.4, 0.5) is 0 Å². The van der Waals surface area contributed by atoms with Crippen molar-refractivity contribution < 1.29 is 9.90 Å². The maximum absolute atomic E-state index is 12.0. The van der Waals surface area contributed by atoms with Crippen LogP contribution in [-0.4, -0.2) is 11.1 Å². The fraction of sp³-hybridized carbons (Fsp3) is 0.611. The van der Waals surface area contributed by atoms with Crippen LogP contribution in [0.2, 0.25) is 0 Å². The summed E-state index contributed by atoms with van der Waals surface area (Å²) in [5.74, 6) is 0.622. The lowest BCUT2D eigenvalue weighted by Gasteiger charge is -2.23. The van der Waals surface area contributed by atoms with Crippen molar-refractivity contribution in [1.29, 1.82) is 0 Å². The number of carboxylic acid groups (broad SMARTS) is 1. The topological polar surface area (TPSA) is 37.3 Å². The molecule has 3 unspecified atom stereocenters. The molecule has 0 radical (unpaired) electrons. The molecule has 0 saturated heterocycles. The van der Waals surface area contributed by atoms with Gasteiger partial charge in [-0.3, -0.25) is 4.79 Å². The van der Waals surface area contributed by atoms with E-state index in [-0.39, 0.29) is 5.92 Å². The second kappa shape index (κ2) is 5.23. The number of hydrogen-bond donors (Lipinski definition) is 1. The zero-order valence-electron chi connectivity index (χ0n) is 12.2. The molecule has 0 spiro atoms. The molecule has 1 aromatic carbocycles. The van der Waals surface area contributed by atoms with E-state index in [1.54, 1.807) is 0 Å². The maximum Gasteiger partial charge on any atom is 0.310 e. The molecule has 1 aromatic rings. The molecule has 2 aliphatic carbocycles. The van der Waals surface area contributed by atoms with Crippen molar-refractivity contribution >= 4 is 5.97 Å². The quantitative estimate of drug-likeness (QED) is 0.878. The zero-order chi connectivity index (χ0) is 14.2. The Hall–Kier alpha value is -1.31. The van der Waals surface area contributed by atoms with Crippen molar-refractivity contribution in [3.8, 4) is 0 Å². The van der Waals surface area contributed by atoms with Gasteiger partial charge < -0.3 is 5.11 Å². The number of rotatable bonds is 4. The van der Waals surface area contributed by atoms with Crippen molar-refractivity contribution in [3.63, 3.8) is 0 Å². The van der Waals surface area contributed by atoms with Crippen LogP contribution in [0.25, 0.3) is 0 Å². The number of carboxylic acids is 1. The highest BCUT2D eigenvalue weighted by atomic mass is 16.4. The molecule has 0 bridgehead atoms. The van der Waals surface area contributed by atoms with Gasteiger partial charge in [-0.25, -0.2) is 0 Å². The molecular formula is C18H24O2. The maximum atomic E-state index is 12.0. The van der Waals surface area contributed by atoms with Crippen LogP contribution in [0.15, 0.2) is 30.3 Å². The molecule has 2 aliphatic rings. The van der Waals surface area contributed by atoms with Gasteiger partial charge in [0.1, 0.15) is 0 Å². The van der Waals surface area contributed by atoms with Gasteiger partial charge >= 0.3 is 5.97 Å². The van der Waals surface area contributed by atoms with Crippen LogP contribution in [0.5, 0.6) is 0 Å². The molecule has 2 heteroatoms. The van der Waals surface area contributed by atoms with E-state index < -0.39 is 11.4 Å². The van der Waals surface area contributed by atoms with Gasteiger partial charge in [-0.1, -0.05) is 69.4 Å². The van der Waals surface area contributed by atoms with Crippen LogP contribution in [0.1, 0.15) is 56.9 Å². The van der Waals surface area contributed by atoms with Gasteiger partial charge in [0.05, 0.1) is 5.41 Å². The third-order valence-electron chi connectivity index (χ3n) is 5.70. The van der Waals surface area contributed by atoms with Crippen LogP contribution in [0.3, 0.4) is 0 Å². The molecule has 2 fully saturated rings. The van der Waals surface area contributed by atoms with Crippen LogP contribution in [0, 0.1) is 17.3 Å². The van der Waals surface area contributed by atoms with Crippen molar-refractivity contribution in [2.45, 2.75) is 51.4 Å². The molecule has 0 amide bonds. The number of carbonyl (C=O) groups is 1. The summed E-state index contributed by atoms with van der Waals surface area (Å²) in [6.07, 6.45) is 7.09. The molecule has 0 aliphatic heterocycles. The highest BCUT2D eigenvalue weighted by Gasteiger charge is 2.70. The summed E-state index contributed by atoms with van der Waals surface area (Å²) in [5.41, 5.74) is 0.732. The predicted octanol–water partition coefficient (Wildman–Crippen LogP) is 4.46. The van der Waals surface area contributed by atoms with E-state index in [1.807, 2.05) is 25.1 Å².